The molecule has 0 saturated heterocycles. The van der Waals surface area contributed by atoms with Gasteiger partial charge in [-0.3, -0.25) is 0 Å². The highest BCUT2D eigenvalue weighted by molar-refractivity contribution is 7.99. The summed E-state index contributed by atoms with van der Waals surface area (Å²) in [6.45, 7) is 0.117. The van der Waals surface area contributed by atoms with E-state index in [0.717, 1.165) is 17.9 Å². The van der Waals surface area contributed by atoms with Crippen molar-refractivity contribution in [3.63, 3.8) is 0 Å². The van der Waals surface area contributed by atoms with E-state index in [2.05, 4.69) is 0 Å². The van der Waals surface area contributed by atoms with Crippen molar-refractivity contribution < 1.29 is 18.3 Å². The summed E-state index contributed by atoms with van der Waals surface area (Å²) in [6, 6.07) is 4.69. The van der Waals surface area contributed by atoms with Gasteiger partial charge in [0.1, 0.15) is 0 Å². The molecule has 0 heterocycles. The van der Waals surface area contributed by atoms with Crippen LogP contribution in [0.4, 0.5) is 13.2 Å². The topological polar surface area (TPSA) is 46.2 Å². The average Bonchev–Trinajstić information content (AvgIpc) is 2.33. The van der Waals surface area contributed by atoms with E-state index in [9.17, 15) is 13.2 Å². The van der Waals surface area contributed by atoms with Crippen LogP contribution in [0.2, 0.25) is 0 Å². The fourth-order valence-corrected chi connectivity index (χ4v) is 2.37. The molecular formula is C12H16F3NOS. The molecule has 0 spiro atoms. The van der Waals surface area contributed by atoms with Gasteiger partial charge in [-0.1, -0.05) is 12.1 Å². The van der Waals surface area contributed by atoms with Gasteiger partial charge in [-0.15, -0.1) is 0 Å². The molecule has 0 radical (unpaired) electrons. The van der Waals surface area contributed by atoms with Crippen molar-refractivity contribution in [2.45, 2.75) is 18.6 Å². The maximum absolute atomic E-state index is 12.5. The first-order valence-corrected chi connectivity index (χ1v) is 6.72. The number of halogens is 3. The van der Waals surface area contributed by atoms with Gasteiger partial charge in [-0.25, -0.2) is 0 Å². The molecule has 3 N–H and O–H groups in total. The van der Waals surface area contributed by atoms with Crippen molar-refractivity contribution in [1.29, 1.82) is 0 Å². The lowest BCUT2D eigenvalue weighted by atomic mass is 10.1. The summed E-state index contributed by atoms with van der Waals surface area (Å²) in [4.78, 5) is 0. The standard InChI is InChI=1S/C12H16F3NOS/c13-12(14,15)10-4-1-3-9(7-10)11(16)8-18-6-2-5-17/h1,3-4,7,11,17H,2,5-6,8,16H2. The Hall–Kier alpha value is -0.720. The van der Waals surface area contributed by atoms with Crippen LogP contribution in [-0.4, -0.2) is 23.2 Å². The first-order chi connectivity index (χ1) is 8.45. The van der Waals surface area contributed by atoms with Gasteiger partial charge in [0.05, 0.1) is 5.56 Å². The monoisotopic (exact) mass is 279 g/mol. The molecule has 18 heavy (non-hydrogen) atoms. The second-order valence-corrected chi connectivity index (χ2v) is 5.03. The van der Waals surface area contributed by atoms with Crippen molar-refractivity contribution in [3.8, 4) is 0 Å². The zero-order valence-corrected chi connectivity index (χ0v) is 10.6. The first-order valence-electron chi connectivity index (χ1n) is 5.56. The summed E-state index contributed by atoms with van der Waals surface area (Å²) in [7, 11) is 0. The minimum atomic E-state index is -4.33. The van der Waals surface area contributed by atoms with E-state index < -0.39 is 17.8 Å². The Kier molecular flexibility index (Phi) is 5.98. The number of aliphatic hydroxyl groups excluding tert-OH is 1. The van der Waals surface area contributed by atoms with Crippen LogP contribution in [0.15, 0.2) is 24.3 Å². The molecule has 2 nitrogen and oxygen atoms in total. The molecule has 0 aliphatic heterocycles. The molecule has 0 amide bonds. The number of nitrogens with two attached hydrogens (primary N) is 1. The maximum atomic E-state index is 12.5. The zero-order valence-electron chi connectivity index (χ0n) is 9.78. The number of benzene rings is 1. The van der Waals surface area contributed by atoms with Gasteiger partial charge < -0.3 is 10.8 Å². The zero-order chi connectivity index (χ0) is 13.6. The van der Waals surface area contributed by atoms with Crippen LogP contribution in [0.1, 0.15) is 23.6 Å². The van der Waals surface area contributed by atoms with Crippen molar-refractivity contribution in [3.05, 3.63) is 35.4 Å². The maximum Gasteiger partial charge on any atom is 0.416 e. The van der Waals surface area contributed by atoms with E-state index in [0.29, 0.717) is 17.7 Å². The molecule has 1 aromatic carbocycles. The molecule has 0 fully saturated rings. The van der Waals surface area contributed by atoms with Gasteiger partial charge in [0.2, 0.25) is 0 Å². The fourth-order valence-electron chi connectivity index (χ4n) is 1.42. The van der Waals surface area contributed by atoms with E-state index in [4.69, 9.17) is 10.8 Å². The molecule has 6 heteroatoms. The van der Waals surface area contributed by atoms with Crippen LogP contribution >= 0.6 is 11.8 Å². The number of alkyl halides is 3. The Morgan fingerprint density at radius 2 is 2.06 bits per heavy atom. The molecule has 0 saturated carbocycles. The SMILES string of the molecule is NC(CSCCCO)c1cccc(C(F)(F)F)c1. The van der Waals surface area contributed by atoms with Gasteiger partial charge in [-0.2, -0.15) is 24.9 Å². The number of hydrogen-bond donors (Lipinski definition) is 2. The highest BCUT2D eigenvalue weighted by Crippen LogP contribution is 2.30. The number of thioether (sulfide) groups is 1. The molecule has 0 aliphatic rings. The third kappa shape index (κ3) is 4.88. The molecule has 1 rings (SSSR count). The summed E-state index contributed by atoms with van der Waals surface area (Å²) in [5.41, 5.74) is 5.66. The van der Waals surface area contributed by atoms with Crippen LogP contribution in [0, 0.1) is 0 Å². The van der Waals surface area contributed by atoms with Gasteiger partial charge in [0.25, 0.3) is 0 Å². The third-order valence-electron chi connectivity index (χ3n) is 2.39. The van der Waals surface area contributed by atoms with Crippen LogP contribution in [0.3, 0.4) is 0 Å². The average molecular weight is 279 g/mol. The second kappa shape index (κ2) is 7.01. The molecule has 1 aromatic rings. The normalized spacial score (nSPS) is 13.6. The highest BCUT2D eigenvalue weighted by atomic mass is 32.2. The van der Waals surface area contributed by atoms with Crippen molar-refractivity contribution in [2.24, 2.45) is 5.73 Å². The largest absolute Gasteiger partial charge is 0.416 e. The van der Waals surface area contributed by atoms with E-state index in [1.807, 2.05) is 0 Å². The van der Waals surface area contributed by atoms with E-state index in [1.54, 1.807) is 6.07 Å². The Labute approximate surface area is 108 Å². The van der Waals surface area contributed by atoms with Crippen LogP contribution < -0.4 is 5.73 Å². The first kappa shape index (κ1) is 15.3. The minimum Gasteiger partial charge on any atom is -0.396 e. The third-order valence-corrected chi connectivity index (χ3v) is 3.56. The molecule has 0 bridgehead atoms. The van der Waals surface area contributed by atoms with E-state index in [-0.39, 0.29) is 6.61 Å². The summed E-state index contributed by atoms with van der Waals surface area (Å²) < 4.78 is 37.5. The van der Waals surface area contributed by atoms with Crippen LogP contribution in [0.25, 0.3) is 0 Å². The number of hydrogen-bond acceptors (Lipinski definition) is 3. The van der Waals surface area contributed by atoms with Gasteiger partial charge in [-0.05, 0) is 29.9 Å². The predicted octanol–water partition coefficient (Wildman–Crippen LogP) is 2.82. The molecule has 0 aliphatic carbocycles. The highest BCUT2D eigenvalue weighted by Gasteiger charge is 2.30. The summed E-state index contributed by atoms with van der Waals surface area (Å²) in [5.74, 6) is 1.30. The second-order valence-electron chi connectivity index (χ2n) is 3.88. The Morgan fingerprint density at radius 1 is 1.33 bits per heavy atom. The molecule has 102 valence electrons. The molecular weight excluding hydrogens is 263 g/mol. The lowest BCUT2D eigenvalue weighted by Crippen LogP contribution is -2.15. The van der Waals surface area contributed by atoms with Crippen molar-refractivity contribution in [2.75, 3.05) is 18.1 Å². The van der Waals surface area contributed by atoms with Crippen molar-refractivity contribution in [1.82, 2.24) is 0 Å². The Bertz CT molecular complexity index is 371. The number of rotatable bonds is 6. The molecule has 0 aromatic heterocycles. The smallest absolute Gasteiger partial charge is 0.396 e. The van der Waals surface area contributed by atoms with Crippen LogP contribution in [-0.2, 0) is 6.18 Å². The summed E-state index contributed by atoms with van der Waals surface area (Å²) in [5, 5.41) is 8.60. The predicted molar refractivity (Wildman–Crippen MR) is 67.4 cm³/mol. The Balaban J connectivity index is 2.60. The molecule has 1 unspecified atom stereocenters. The van der Waals surface area contributed by atoms with Gasteiger partial charge in [0.15, 0.2) is 0 Å². The van der Waals surface area contributed by atoms with E-state index in [1.165, 1.54) is 17.8 Å². The molecule has 1 atom stereocenters. The fraction of sp³-hybridized carbons (Fsp3) is 0.500. The Morgan fingerprint density at radius 3 is 2.67 bits per heavy atom. The quantitative estimate of drug-likeness (QED) is 0.787. The van der Waals surface area contributed by atoms with Gasteiger partial charge >= 0.3 is 6.18 Å². The summed E-state index contributed by atoms with van der Waals surface area (Å²) >= 11 is 1.53. The lowest BCUT2D eigenvalue weighted by Gasteiger charge is -2.14. The summed E-state index contributed by atoms with van der Waals surface area (Å²) in [6.07, 6.45) is -3.67. The lowest BCUT2D eigenvalue weighted by molar-refractivity contribution is -0.137. The van der Waals surface area contributed by atoms with E-state index >= 15 is 0 Å². The van der Waals surface area contributed by atoms with Gasteiger partial charge in [0, 0.05) is 18.4 Å². The minimum absolute atomic E-state index is 0.117. The van der Waals surface area contributed by atoms with Crippen LogP contribution in [0.5, 0.6) is 0 Å². The number of aliphatic hydroxyl groups is 1. The van der Waals surface area contributed by atoms with Crippen molar-refractivity contribution >= 4 is 11.8 Å².